The Hall–Kier alpha value is -1.31. The van der Waals surface area contributed by atoms with Crippen LogP contribution in [0.25, 0.3) is 0 Å². The van der Waals surface area contributed by atoms with Gasteiger partial charge in [-0.05, 0) is 37.5 Å². The van der Waals surface area contributed by atoms with Crippen LogP contribution in [0.1, 0.15) is 18.4 Å². The van der Waals surface area contributed by atoms with Gasteiger partial charge < -0.3 is 9.69 Å². The number of hydrogen-bond acceptors (Lipinski definition) is 2. The van der Waals surface area contributed by atoms with Crippen molar-refractivity contribution in [1.82, 2.24) is 0 Å². The van der Waals surface area contributed by atoms with Crippen LogP contribution >= 0.6 is 0 Å². The molecule has 0 aromatic heterocycles. The van der Waals surface area contributed by atoms with Gasteiger partial charge in [0.2, 0.25) is 0 Å². The van der Waals surface area contributed by atoms with E-state index in [1.807, 2.05) is 0 Å². The fourth-order valence-electron chi connectivity index (χ4n) is 2.12. The maximum absolute atomic E-state index is 10.6. The minimum atomic E-state index is 0.283. The average Bonchev–Trinajstić information content (AvgIpc) is 2.29. The van der Waals surface area contributed by atoms with Crippen LogP contribution in [-0.2, 0) is 4.79 Å². The predicted octanol–water partition coefficient (Wildman–Crippen LogP) is 2.41. The number of anilines is 1. The summed E-state index contributed by atoms with van der Waals surface area (Å²) in [6.07, 6.45) is 3.10. The van der Waals surface area contributed by atoms with E-state index in [1.165, 1.54) is 11.3 Å². The molecule has 1 aliphatic rings. The third kappa shape index (κ3) is 2.38. The van der Waals surface area contributed by atoms with E-state index in [0.717, 1.165) is 32.2 Å². The van der Waals surface area contributed by atoms with Crippen molar-refractivity contribution in [3.8, 4) is 0 Å². The van der Waals surface area contributed by atoms with Gasteiger partial charge in [-0.3, -0.25) is 0 Å². The first kappa shape index (κ1) is 10.2. The summed E-state index contributed by atoms with van der Waals surface area (Å²) in [5.74, 6) is 0.283. The first-order valence-electron chi connectivity index (χ1n) is 5.56. The van der Waals surface area contributed by atoms with Gasteiger partial charge in [-0.2, -0.15) is 0 Å². The summed E-state index contributed by atoms with van der Waals surface area (Å²) in [6, 6.07) is 8.56. The SMILES string of the molecule is Cc1cccc(N2CCC(C=O)CC2)c1. The predicted molar refractivity (Wildman–Crippen MR) is 62.2 cm³/mol. The molecule has 1 aliphatic heterocycles. The fraction of sp³-hybridized carbons (Fsp3) is 0.462. The minimum absolute atomic E-state index is 0.283. The molecule has 1 heterocycles. The van der Waals surface area contributed by atoms with Gasteiger partial charge in [-0.25, -0.2) is 0 Å². The monoisotopic (exact) mass is 203 g/mol. The quantitative estimate of drug-likeness (QED) is 0.688. The molecule has 1 fully saturated rings. The molecule has 15 heavy (non-hydrogen) atoms. The molecule has 1 saturated heterocycles. The molecule has 0 spiro atoms. The van der Waals surface area contributed by atoms with Crippen molar-refractivity contribution < 1.29 is 4.79 Å². The van der Waals surface area contributed by atoms with Crippen molar-refractivity contribution in [2.75, 3.05) is 18.0 Å². The van der Waals surface area contributed by atoms with E-state index in [2.05, 4.69) is 36.1 Å². The van der Waals surface area contributed by atoms with Crippen molar-refractivity contribution in [1.29, 1.82) is 0 Å². The zero-order chi connectivity index (χ0) is 10.7. The van der Waals surface area contributed by atoms with Gasteiger partial charge in [0.1, 0.15) is 6.29 Å². The first-order chi connectivity index (χ1) is 7.29. The van der Waals surface area contributed by atoms with Crippen molar-refractivity contribution in [3.05, 3.63) is 29.8 Å². The lowest BCUT2D eigenvalue weighted by Gasteiger charge is -2.31. The highest BCUT2D eigenvalue weighted by Crippen LogP contribution is 2.22. The number of carbonyl (C=O) groups excluding carboxylic acids is 1. The van der Waals surface area contributed by atoms with Crippen molar-refractivity contribution in [2.45, 2.75) is 19.8 Å². The van der Waals surface area contributed by atoms with Crippen molar-refractivity contribution in [2.24, 2.45) is 5.92 Å². The molecule has 1 aromatic carbocycles. The number of benzene rings is 1. The van der Waals surface area contributed by atoms with E-state index in [1.54, 1.807) is 0 Å². The van der Waals surface area contributed by atoms with E-state index >= 15 is 0 Å². The van der Waals surface area contributed by atoms with Gasteiger partial charge in [-0.1, -0.05) is 12.1 Å². The zero-order valence-corrected chi connectivity index (χ0v) is 9.15. The van der Waals surface area contributed by atoms with Crippen molar-refractivity contribution in [3.63, 3.8) is 0 Å². The minimum Gasteiger partial charge on any atom is -0.371 e. The van der Waals surface area contributed by atoms with Gasteiger partial charge in [0.25, 0.3) is 0 Å². The highest BCUT2D eigenvalue weighted by Gasteiger charge is 2.18. The molecule has 0 bridgehead atoms. The lowest BCUT2D eigenvalue weighted by molar-refractivity contribution is -0.111. The number of piperidine rings is 1. The molecule has 0 radical (unpaired) electrons. The zero-order valence-electron chi connectivity index (χ0n) is 9.15. The highest BCUT2D eigenvalue weighted by molar-refractivity contribution is 5.55. The van der Waals surface area contributed by atoms with Crippen LogP contribution in [0.4, 0.5) is 5.69 Å². The summed E-state index contributed by atoms with van der Waals surface area (Å²) >= 11 is 0. The number of carbonyl (C=O) groups is 1. The Balaban J connectivity index is 2.04. The Labute approximate surface area is 90.9 Å². The second-order valence-corrected chi connectivity index (χ2v) is 4.30. The summed E-state index contributed by atoms with van der Waals surface area (Å²) in [5, 5.41) is 0. The molecule has 0 atom stereocenters. The second-order valence-electron chi connectivity index (χ2n) is 4.30. The molecule has 2 nitrogen and oxygen atoms in total. The third-order valence-electron chi connectivity index (χ3n) is 3.10. The lowest BCUT2D eigenvalue weighted by atomic mass is 9.98. The highest BCUT2D eigenvalue weighted by atomic mass is 16.1. The van der Waals surface area contributed by atoms with Gasteiger partial charge in [-0.15, -0.1) is 0 Å². The summed E-state index contributed by atoms with van der Waals surface area (Å²) in [7, 11) is 0. The Morgan fingerprint density at radius 1 is 1.33 bits per heavy atom. The van der Waals surface area contributed by atoms with E-state index in [9.17, 15) is 4.79 Å². The summed E-state index contributed by atoms with van der Waals surface area (Å²) < 4.78 is 0. The van der Waals surface area contributed by atoms with Gasteiger partial charge in [0.15, 0.2) is 0 Å². The Morgan fingerprint density at radius 2 is 2.07 bits per heavy atom. The number of aldehydes is 1. The molecule has 0 amide bonds. The normalized spacial score (nSPS) is 17.8. The fourth-order valence-corrected chi connectivity index (χ4v) is 2.12. The molecule has 1 aromatic rings. The van der Waals surface area contributed by atoms with E-state index < -0.39 is 0 Å². The number of rotatable bonds is 2. The van der Waals surface area contributed by atoms with Crippen LogP contribution in [0, 0.1) is 12.8 Å². The van der Waals surface area contributed by atoms with Crippen LogP contribution in [0.2, 0.25) is 0 Å². The van der Waals surface area contributed by atoms with E-state index in [4.69, 9.17) is 0 Å². The maximum atomic E-state index is 10.6. The molecule has 0 N–H and O–H groups in total. The third-order valence-corrected chi connectivity index (χ3v) is 3.10. The smallest absolute Gasteiger partial charge is 0.123 e. The van der Waals surface area contributed by atoms with Gasteiger partial charge in [0.05, 0.1) is 0 Å². The first-order valence-corrected chi connectivity index (χ1v) is 5.56. The van der Waals surface area contributed by atoms with Crippen LogP contribution < -0.4 is 4.90 Å². The van der Waals surface area contributed by atoms with Crippen LogP contribution in [0.15, 0.2) is 24.3 Å². The topological polar surface area (TPSA) is 20.3 Å². The molecular formula is C13H17NO. The standard InChI is InChI=1S/C13H17NO/c1-11-3-2-4-13(9-11)14-7-5-12(10-15)6-8-14/h2-4,9-10,12H,5-8H2,1H3. The van der Waals surface area contributed by atoms with Crippen LogP contribution in [0.5, 0.6) is 0 Å². The Morgan fingerprint density at radius 3 is 2.67 bits per heavy atom. The summed E-state index contributed by atoms with van der Waals surface area (Å²) in [5.41, 5.74) is 2.59. The van der Waals surface area contributed by atoms with Crippen LogP contribution in [0.3, 0.4) is 0 Å². The average molecular weight is 203 g/mol. The molecule has 2 rings (SSSR count). The second kappa shape index (κ2) is 4.47. The Kier molecular flexibility index (Phi) is 3.05. The number of hydrogen-bond donors (Lipinski definition) is 0. The number of nitrogens with zero attached hydrogens (tertiary/aromatic N) is 1. The van der Waals surface area contributed by atoms with Gasteiger partial charge >= 0.3 is 0 Å². The molecule has 0 saturated carbocycles. The molecule has 0 aliphatic carbocycles. The van der Waals surface area contributed by atoms with E-state index in [-0.39, 0.29) is 5.92 Å². The lowest BCUT2D eigenvalue weighted by Crippen LogP contribution is -2.34. The van der Waals surface area contributed by atoms with Crippen molar-refractivity contribution >= 4 is 12.0 Å². The number of aryl methyl sites for hydroxylation is 1. The van der Waals surface area contributed by atoms with Crippen LogP contribution in [-0.4, -0.2) is 19.4 Å². The Bertz CT molecular complexity index is 340. The summed E-state index contributed by atoms with van der Waals surface area (Å²) in [4.78, 5) is 13.0. The van der Waals surface area contributed by atoms with E-state index in [0.29, 0.717) is 0 Å². The molecule has 0 unspecified atom stereocenters. The van der Waals surface area contributed by atoms with Gasteiger partial charge in [0, 0.05) is 24.7 Å². The maximum Gasteiger partial charge on any atom is 0.123 e. The molecule has 80 valence electrons. The largest absolute Gasteiger partial charge is 0.371 e. The molecular weight excluding hydrogens is 186 g/mol. The summed E-state index contributed by atoms with van der Waals surface area (Å²) in [6.45, 7) is 4.13. The molecule has 2 heteroatoms.